The molecule has 1 fully saturated rings. The van der Waals surface area contributed by atoms with Gasteiger partial charge in [-0.2, -0.15) is 0 Å². The van der Waals surface area contributed by atoms with Crippen molar-refractivity contribution in [3.05, 3.63) is 96.5 Å². The van der Waals surface area contributed by atoms with Gasteiger partial charge in [-0.1, -0.05) is 36.4 Å². The van der Waals surface area contributed by atoms with Crippen molar-refractivity contribution in [2.75, 3.05) is 23.0 Å². The minimum Gasteiger partial charge on any atom is -0.495 e. The quantitative estimate of drug-likeness (QED) is 0.332. The van der Waals surface area contributed by atoms with E-state index in [0.717, 1.165) is 23.3 Å². The first kappa shape index (κ1) is 23.8. The molecule has 4 aromatic rings. The van der Waals surface area contributed by atoms with Crippen molar-refractivity contribution in [3.8, 4) is 17.1 Å². The standard InChI is InChI=1S/C26H24N4O4S2/c1-33-22-12-11-18(16-20(22)29-36(2,31)32)30-25(24(28-26(30)35)19-10-6-7-15-27-19)23-14-13-21(34-23)17-8-4-3-5-9-17/h3-16,24-25,29H,1-2H3,(H,28,35)/t24-,25+/m1/s1. The summed E-state index contributed by atoms with van der Waals surface area (Å²) in [6, 6.07) is 24.0. The number of anilines is 2. The van der Waals surface area contributed by atoms with Gasteiger partial charge >= 0.3 is 0 Å². The number of benzene rings is 2. The molecule has 1 saturated heterocycles. The van der Waals surface area contributed by atoms with Crippen LogP contribution in [-0.4, -0.2) is 31.9 Å². The number of ether oxygens (including phenoxy) is 1. The molecule has 0 saturated carbocycles. The topological polar surface area (TPSA) is 96.7 Å². The second-order valence-electron chi connectivity index (χ2n) is 8.32. The number of methoxy groups -OCH3 is 1. The Labute approximate surface area is 215 Å². The molecule has 0 spiro atoms. The highest BCUT2D eigenvalue weighted by molar-refractivity contribution is 7.92. The highest BCUT2D eigenvalue weighted by Gasteiger charge is 2.42. The van der Waals surface area contributed by atoms with Gasteiger partial charge in [-0.25, -0.2) is 8.42 Å². The van der Waals surface area contributed by atoms with E-state index in [4.69, 9.17) is 21.4 Å². The Morgan fingerprint density at radius 3 is 2.53 bits per heavy atom. The van der Waals surface area contributed by atoms with Crippen LogP contribution in [0.4, 0.5) is 11.4 Å². The predicted octanol–water partition coefficient (Wildman–Crippen LogP) is 4.90. The lowest BCUT2D eigenvalue weighted by molar-refractivity contribution is 0.416. The number of hydrogen-bond donors (Lipinski definition) is 2. The first-order chi connectivity index (χ1) is 17.3. The molecule has 0 aliphatic carbocycles. The van der Waals surface area contributed by atoms with Gasteiger partial charge in [-0.3, -0.25) is 9.71 Å². The maximum absolute atomic E-state index is 12.0. The zero-order valence-electron chi connectivity index (χ0n) is 19.6. The van der Waals surface area contributed by atoms with Crippen molar-refractivity contribution >= 4 is 38.7 Å². The number of thiocarbonyl (C=S) groups is 1. The summed E-state index contributed by atoms with van der Waals surface area (Å²) < 4.78 is 38.2. The van der Waals surface area contributed by atoms with Crippen molar-refractivity contribution in [2.24, 2.45) is 0 Å². The fourth-order valence-corrected chi connectivity index (χ4v) is 5.22. The van der Waals surface area contributed by atoms with Crippen LogP contribution in [0.3, 0.4) is 0 Å². The maximum Gasteiger partial charge on any atom is 0.229 e. The van der Waals surface area contributed by atoms with Gasteiger partial charge in [-0.15, -0.1) is 0 Å². The van der Waals surface area contributed by atoms with Crippen LogP contribution in [0, 0.1) is 0 Å². The molecule has 0 unspecified atom stereocenters. The minimum atomic E-state index is -3.54. The SMILES string of the molecule is COc1ccc(N2C(=S)N[C@H](c3ccccn3)[C@@H]2c2ccc(-c3ccccc3)o2)cc1NS(C)(=O)=O. The molecule has 0 bridgehead atoms. The predicted molar refractivity (Wildman–Crippen MR) is 144 cm³/mol. The summed E-state index contributed by atoms with van der Waals surface area (Å²) in [4.78, 5) is 6.47. The number of furan rings is 1. The van der Waals surface area contributed by atoms with E-state index in [0.29, 0.717) is 28.0 Å². The van der Waals surface area contributed by atoms with Crippen LogP contribution in [0.25, 0.3) is 11.3 Å². The molecule has 2 aromatic carbocycles. The Morgan fingerprint density at radius 2 is 1.83 bits per heavy atom. The summed E-state index contributed by atoms with van der Waals surface area (Å²) in [5.41, 5.74) is 2.74. The summed E-state index contributed by atoms with van der Waals surface area (Å²) in [5, 5.41) is 3.84. The molecule has 10 heteroatoms. The van der Waals surface area contributed by atoms with Crippen LogP contribution in [0.2, 0.25) is 0 Å². The third kappa shape index (κ3) is 4.77. The monoisotopic (exact) mass is 520 g/mol. The highest BCUT2D eigenvalue weighted by atomic mass is 32.2. The Hall–Kier alpha value is -3.89. The van der Waals surface area contributed by atoms with Gasteiger partial charge in [0.1, 0.15) is 23.3 Å². The fraction of sp³-hybridized carbons (Fsp3) is 0.154. The van der Waals surface area contributed by atoms with Crippen molar-refractivity contribution < 1.29 is 17.6 Å². The second kappa shape index (κ2) is 9.63. The number of nitrogens with zero attached hydrogens (tertiary/aromatic N) is 2. The highest BCUT2D eigenvalue weighted by Crippen LogP contribution is 2.44. The van der Waals surface area contributed by atoms with Crippen molar-refractivity contribution in [1.82, 2.24) is 10.3 Å². The molecule has 2 N–H and O–H groups in total. The molecule has 2 aromatic heterocycles. The van der Waals surface area contributed by atoms with Crippen molar-refractivity contribution in [3.63, 3.8) is 0 Å². The van der Waals surface area contributed by atoms with E-state index in [1.54, 1.807) is 18.3 Å². The third-order valence-corrected chi connectivity index (χ3v) is 6.74. The van der Waals surface area contributed by atoms with Gasteiger partial charge in [-0.05, 0) is 54.7 Å². The van der Waals surface area contributed by atoms with Crippen LogP contribution in [0.1, 0.15) is 23.5 Å². The molecule has 36 heavy (non-hydrogen) atoms. The average Bonchev–Trinajstić information content (AvgIpc) is 3.49. The molecule has 1 aliphatic heterocycles. The third-order valence-electron chi connectivity index (χ3n) is 5.83. The number of pyridine rings is 1. The largest absolute Gasteiger partial charge is 0.495 e. The Balaban J connectivity index is 1.61. The number of sulfonamides is 1. The summed E-state index contributed by atoms with van der Waals surface area (Å²) in [6.07, 6.45) is 2.83. The van der Waals surface area contributed by atoms with Gasteiger partial charge in [0.15, 0.2) is 5.11 Å². The zero-order valence-corrected chi connectivity index (χ0v) is 21.2. The second-order valence-corrected chi connectivity index (χ2v) is 10.5. The molecule has 2 atom stereocenters. The molecule has 184 valence electrons. The summed E-state index contributed by atoms with van der Waals surface area (Å²) >= 11 is 5.77. The van der Waals surface area contributed by atoms with Crippen LogP contribution in [0.15, 0.2) is 89.5 Å². The first-order valence-corrected chi connectivity index (χ1v) is 13.5. The van der Waals surface area contributed by atoms with E-state index < -0.39 is 10.0 Å². The Kier molecular flexibility index (Phi) is 6.38. The molecule has 1 aliphatic rings. The van der Waals surface area contributed by atoms with E-state index in [-0.39, 0.29) is 12.1 Å². The van der Waals surface area contributed by atoms with E-state index in [2.05, 4.69) is 15.0 Å². The lowest BCUT2D eigenvalue weighted by Gasteiger charge is -2.27. The van der Waals surface area contributed by atoms with Crippen LogP contribution < -0.4 is 19.7 Å². The van der Waals surface area contributed by atoms with Crippen molar-refractivity contribution in [1.29, 1.82) is 0 Å². The Bertz CT molecular complexity index is 1490. The van der Waals surface area contributed by atoms with Gasteiger partial charge < -0.3 is 19.4 Å². The summed E-state index contributed by atoms with van der Waals surface area (Å²) in [5.74, 6) is 1.81. The molecule has 0 amide bonds. The molecule has 5 rings (SSSR count). The minimum absolute atomic E-state index is 0.304. The molecule has 3 heterocycles. The number of rotatable bonds is 7. The number of aromatic nitrogens is 1. The molecule has 0 radical (unpaired) electrons. The summed E-state index contributed by atoms with van der Waals surface area (Å²) in [7, 11) is -2.05. The summed E-state index contributed by atoms with van der Waals surface area (Å²) in [6.45, 7) is 0. The van der Waals surface area contributed by atoms with Gasteiger partial charge in [0, 0.05) is 17.4 Å². The molecular weight excluding hydrogens is 496 g/mol. The van der Waals surface area contributed by atoms with E-state index in [9.17, 15) is 8.42 Å². The molecule has 8 nitrogen and oxygen atoms in total. The normalized spacial score (nSPS) is 17.6. The van der Waals surface area contributed by atoms with Gasteiger partial charge in [0.25, 0.3) is 0 Å². The van der Waals surface area contributed by atoms with Crippen LogP contribution >= 0.6 is 12.2 Å². The number of nitrogens with one attached hydrogen (secondary N) is 2. The van der Waals surface area contributed by atoms with Crippen molar-refractivity contribution in [2.45, 2.75) is 12.1 Å². The van der Waals surface area contributed by atoms with E-state index >= 15 is 0 Å². The van der Waals surface area contributed by atoms with Crippen LogP contribution in [-0.2, 0) is 10.0 Å². The first-order valence-electron chi connectivity index (χ1n) is 11.2. The maximum atomic E-state index is 12.0. The van der Waals surface area contributed by atoms with Gasteiger partial charge in [0.2, 0.25) is 10.0 Å². The Morgan fingerprint density at radius 1 is 1.06 bits per heavy atom. The van der Waals surface area contributed by atoms with Gasteiger partial charge in [0.05, 0.1) is 30.8 Å². The van der Waals surface area contributed by atoms with Crippen LogP contribution in [0.5, 0.6) is 5.75 Å². The average molecular weight is 521 g/mol. The fourth-order valence-electron chi connectivity index (χ4n) is 4.32. The zero-order chi connectivity index (χ0) is 25.3. The lowest BCUT2D eigenvalue weighted by atomic mass is 10.0. The smallest absolute Gasteiger partial charge is 0.229 e. The lowest BCUT2D eigenvalue weighted by Crippen LogP contribution is -2.29. The number of hydrogen-bond acceptors (Lipinski definition) is 6. The van der Waals surface area contributed by atoms with E-state index in [1.807, 2.05) is 71.6 Å². The van der Waals surface area contributed by atoms with E-state index in [1.165, 1.54) is 7.11 Å². The molecular formula is C26H24N4O4S2.